The van der Waals surface area contributed by atoms with Crippen LogP contribution in [-0.4, -0.2) is 68.5 Å². The first-order valence-electron chi connectivity index (χ1n) is 21.4. The number of nitrogens with one attached hydrogen (secondary N) is 1. The second-order valence-corrected chi connectivity index (χ2v) is 17.5. The molecule has 0 bridgehead atoms. The smallest absolute Gasteiger partial charge is 0.268 e. The highest BCUT2D eigenvalue weighted by Gasteiger charge is 2.24. The monoisotopic (exact) mass is 733 g/mol. The van der Waals surface area contributed by atoms with E-state index < -0.39 is 20.0 Å². The topological polar surface area (TPSA) is 108 Å². The van der Waals surface area contributed by atoms with Gasteiger partial charge in [0.15, 0.2) is 0 Å². The highest BCUT2D eigenvalue weighted by atomic mass is 31.2. The summed E-state index contributed by atoms with van der Waals surface area (Å²) in [5.41, 5.74) is 0. The average Bonchev–Trinajstić information content (AvgIpc) is 3.06. The maximum absolute atomic E-state index is 12.8. The molecule has 2 N–H and O–H groups in total. The van der Waals surface area contributed by atoms with Gasteiger partial charge in [0, 0.05) is 6.42 Å². The van der Waals surface area contributed by atoms with Gasteiger partial charge in [0.2, 0.25) is 5.91 Å². The molecule has 9 heteroatoms. The molecule has 0 spiro atoms. The SMILES string of the molecule is CCCCCCCCCCCCCCCCC(=O)NC(COP(=O)([O-])OCC[N+](C)(C)C)C(O)CCCCCCCCCCCCCCCC. The zero-order chi connectivity index (χ0) is 37.2. The van der Waals surface area contributed by atoms with Gasteiger partial charge in [-0.15, -0.1) is 0 Å². The van der Waals surface area contributed by atoms with Crippen molar-refractivity contribution in [2.75, 3.05) is 40.9 Å². The van der Waals surface area contributed by atoms with E-state index in [-0.39, 0.29) is 19.1 Å². The van der Waals surface area contributed by atoms with Crippen molar-refractivity contribution in [1.29, 1.82) is 0 Å². The molecule has 0 saturated heterocycles. The predicted octanol–water partition coefficient (Wildman–Crippen LogP) is 10.8. The first kappa shape index (κ1) is 49.5. The van der Waals surface area contributed by atoms with E-state index in [0.29, 0.717) is 23.9 Å². The highest BCUT2D eigenvalue weighted by Crippen LogP contribution is 2.38. The Bertz CT molecular complexity index is 794. The molecule has 0 aromatic rings. The number of rotatable bonds is 39. The second-order valence-electron chi connectivity index (χ2n) is 16.1. The summed E-state index contributed by atoms with van der Waals surface area (Å²) in [6.07, 6.45) is 35.2. The first-order valence-corrected chi connectivity index (χ1v) is 22.8. The maximum Gasteiger partial charge on any atom is 0.268 e. The molecule has 0 aliphatic heterocycles. The Balaban J connectivity index is 4.37. The fourth-order valence-corrected chi connectivity index (χ4v) is 7.12. The van der Waals surface area contributed by atoms with E-state index in [0.717, 1.165) is 38.5 Å². The molecule has 0 rings (SSSR count). The highest BCUT2D eigenvalue weighted by molar-refractivity contribution is 7.45. The number of hydrogen-bond donors (Lipinski definition) is 2. The van der Waals surface area contributed by atoms with E-state index in [4.69, 9.17) is 9.05 Å². The minimum atomic E-state index is -4.55. The van der Waals surface area contributed by atoms with Gasteiger partial charge < -0.3 is 28.8 Å². The number of amides is 1. The summed E-state index contributed by atoms with van der Waals surface area (Å²) in [6, 6.07) is -0.791. The first-order chi connectivity index (χ1) is 24.0. The molecule has 0 aliphatic rings. The van der Waals surface area contributed by atoms with Gasteiger partial charge >= 0.3 is 0 Å². The van der Waals surface area contributed by atoms with Gasteiger partial charge in [-0.2, -0.15) is 0 Å². The number of unbranched alkanes of at least 4 members (excludes halogenated alkanes) is 26. The van der Waals surface area contributed by atoms with Gasteiger partial charge in [-0.3, -0.25) is 9.36 Å². The Morgan fingerprint density at radius 3 is 1.36 bits per heavy atom. The van der Waals surface area contributed by atoms with Crippen LogP contribution < -0.4 is 10.2 Å². The van der Waals surface area contributed by atoms with Gasteiger partial charge in [-0.25, -0.2) is 0 Å². The lowest BCUT2D eigenvalue weighted by molar-refractivity contribution is -0.870. The lowest BCUT2D eigenvalue weighted by atomic mass is 10.0. The molecule has 0 radical (unpaired) electrons. The van der Waals surface area contributed by atoms with Gasteiger partial charge in [0.1, 0.15) is 13.2 Å². The lowest BCUT2D eigenvalue weighted by Gasteiger charge is -2.30. The number of carbonyl (C=O) groups is 1. The third kappa shape index (κ3) is 35.9. The quantitative estimate of drug-likeness (QED) is 0.0370. The molecular formula is C41H85N2O6P. The van der Waals surface area contributed by atoms with Crippen LogP contribution in [0.4, 0.5) is 0 Å². The Labute approximate surface area is 310 Å². The van der Waals surface area contributed by atoms with Crippen molar-refractivity contribution < 1.29 is 32.9 Å². The Morgan fingerprint density at radius 2 is 0.980 bits per heavy atom. The van der Waals surface area contributed by atoms with Crippen LogP contribution in [0.25, 0.3) is 0 Å². The molecule has 0 saturated carbocycles. The number of nitrogens with zero attached hydrogens (tertiary/aromatic N) is 1. The molecule has 8 nitrogen and oxygen atoms in total. The van der Waals surface area contributed by atoms with E-state index in [1.807, 2.05) is 21.1 Å². The van der Waals surface area contributed by atoms with Crippen LogP contribution in [0.5, 0.6) is 0 Å². The summed E-state index contributed by atoms with van der Waals surface area (Å²) in [7, 11) is 1.31. The minimum Gasteiger partial charge on any atom is -0.756 e. The predicted molar refractivity (Wildman–Crippen MR) is 210 cm³/mol. The van der Waals surface area contributed by atoms with E-state index in [1.165, 1.54) is 141 Å². The van der Waals surface area contributed by atoms with Crippen molar-refractivity contribution >= 4 is 13.7 Å². The van der Waals surface area contributed by atoms with Crippen molar-refractivity contribution in [2.45, 2.75) is 219 Å². The van der Waals surface area contributed by atoms with Crippen LogP contribution in [0.2, 0.25) is 0 Å². The van der Waals surface area contributed by atoms with Crippen molar-refractivity contribution in [3.8, 4) is 0 Å². The molecule has 3 atom stereocenters. The molecule has 0 aromatic heterocycles. The van der Waals surface area contributed by atoms with Crippen molar-refractivity contribution in [3.63, 3.8) is 0 Å². The molecule has 1 amide bonds. The number of quaternary nitrogens is 1. The molecule has 300 valence electrons. The average molecular weight is 733 g/mol. The van der Waals surface area contributed by atoms with Crippen LogP contribution in [0, 0.1) is 0 Å². The Morgan fingerprint density at radius 1 is 0.620 bits per heavy atom. The molecule has 0 aromatic carbocycles. The minimum absolute atomic E-state index is 0.0159. The van der Waals surface area contributed by atoms with E-state index in [1.54, 1.807) is 0 Å². The zero-order valence-electron chi connectivity index (χ0n) is 33.9. The van der Waals surface area contributed by atoms with E-state index in [9.17, 15) is 19.4 Å². The number of aliphatic hydroxyl groups is 1. The van der Waals surface area contributed by atoms with Crippen LogP contribution in [0.15, 0.2) is 0 Å². The summed E-state index contributed by atoms with van der Waals surface area (Å²) < 4.78 is 23.2. The standard InChI is InChI=1S/C41H85N2O6P/c1-6-8-10-12-14-16-18-20-22-24-26-28-30-32-34-40(44)39(38-49-50(46,47)48-37-36-43(3,4)5)42-41(45)35-33-31-29-27-25-23-21-19-17-15-13-11-9-7-2/h39-40,44H,6-38H2,1-5H3,(H-,42,45,46,47). The van der Waals surface area contributed by atoms with E-state index >= 15 is 0 Å². The number of aliphatic hydroxyl groups excluding tert-OH is 1. The fourth-order valence-electron chi connectivity index (χ4n) is 6.39. The van der Waals surface area contributed by atoms with Crippen molar-refractivity contribution in [3.05, 3.63) is 0 Å². The lowest BCUT2D eigenvalue weighted by Crippen LogP contribution is -2.46. The summed E-state index contributed by atoms with van der Waals surface area (Å²) in [5.74, 6) is -0.163. The normalized spacial score (nSPS) is 14.5. The van der Waals surface area contributed by atoms with Gasteiger partial charge in [-0.05, 0) is 12.8 Å². The van der Waals surface area contributed by atoms with Gasteiger partial charge in [0.25, 0.3) is 7.82 Å². The van der Waals surface area contributed by atoms with Crippen molar-refractivity contribution in [2.24, 2.45) is 0 Å². The van der Waals surface area contributed by atoms with Gasteiger partial charge in [0.05, 0.1) is 39.9 Å². The fraction of sp³-hybridized carbons (Fsp3) is 0.976. The van der Waals surface area contributed by atoms with E-state index in [2.05, 4.69) is 19.2 Å². The summed E-state index contributed by atoms with van der Waals surface area (Å²) >= 11 is 0. The molecule has 0 fully saturated rings. The van der Waals surface area contributed by atoms with Crippen LogP contribution in [-0.2, 0) is 18.4 Å². The third-order valence-corrected chi connectivity index (χ3v) is 10.8. The Kier molecular flexibility index (Phi) is 33.9. The largest absolute Gasteiger partial charge is 0.756 e. The second kappa shape index (κ2) is 34.3. The number of carbonyl (C=O) groups excluding carboxylic acids is 1. The van der Waals surface area contributed by atoms with Gasteiger partial charge in [-0.1, -0.05) is 187 Å². The Hall–Kier alpha value is -0.500. The molecular weight excluding hydrogens is 647 g/mol. The van der Waals surface area contributed by atoms with Crippen LogP contribution in [0.3, 0.4) is 0 Å². The molecule has 0 aliphatic carbocycles. The molecule has 3 unspecified atom stereocenters. The van der Waals surface area contributed by atoms with Crippen molar-refractivity contribution in [1.82, 2.24) is 5.32 Å². The number of likely N-dealkylation sites (N-methyl/N-ethyl adjacent to an activating group) is 1. The number of hydrogen-bond acceptors (Lipinski definition) is 6. The zero-order valence-corrected chi connectivity index (χ0v) is 34.8. The maximum atomic E-state index is 12.8. The summed E-state index contributed by atoms with van der Waals surface area (Å²) in [5, 5.41) is 13.9. The number of phosphoric acid groups is 1. The van der Waals surface area contributed by atoms with Crippen LogP contribution in [0.1, 0.15) is 206 Å². The third-order valence-electron chi connectivity index (χ3n) is 9.85. The molecule has 0 heterocycles. The molecule has 50 heavy (non-hydrogen) atoms. The van der Waals surface area contributed by atoms with Crippen LogP contribution >= 0.6 is 7.82 Å². The summed E-state index contributed by atoms with van der Waals surface area (Å²) in [6.45, 7) is 4.73. The summed E-state index contributed by atoms with van der Waals surface area (Å²) in [4.78, 5) is 25.3. The number of phosphoric ester groups is 1.